The largest absolute Gasteiger partial charge is 0.504 e. The van der Waals surface area contributed by atoms with E-state index in [1.807, 2.05) is 0 Å². The van der Waals surface area contributed by atoms with Crippen molar-refractivity contribution in [2.75, 3.05) is 33.5 Å². The number of phenolic OH excluding ortho intramolecular Hbond substituents is 2. The van der Waals surface area contributed by atoms with Crippen LogP contribution in [-0.4, -0.2) is 70.4 Å². The van der Waals surface area contributed by atoms with Gasteiger partial charge in [0.25, 0.3) is 0 Å². The molecule has 0 aliphatic carbocycles. The number of rotatable bonds is 6. The van der Waals surface area contributed by atoms with Crippen molar-refractivity contribution in [2.24, 2.45) is 0 Å². The molecular formula is C31H32O11S. The molecule has 5 aromatic carbocycles. The summed E-state index contributed by atoms with van der Waals surface area (Å²) in [5.74, 6) is -0.447. The monoisotopic (exact) mass is 612 g/mol. The SMILES string of the molecule is COc1c(O)c2c(=O)cc3c4c5c(cc(=O)c6c(O)c(OC)c(C[C@@H](C)O)c(c(c1C[C@@H](C)O)c24)c65)OCO3.CS(C)=O. The lowest BCUT2D eigenvalue weighted by Crippen LogP contribution is -2.13. The molecule has 4 N–H and O–H groups in total. The van der Waals surface area contributed by atoms with Gasteiger partial charge in [-0.25, -0.2) is 0 Å². The smallest absolute Gasteiger partial charge is 0.230 e. The van der Waals surface area contributed by atoms with Crippen molar-refractivity contribution in [1.29, 1.82) is 0 Å². The molecule has 1 heterocycles. The molecule has 0 unspecified atom stereocenters. The Morgan fingerprint density at radius 3 is 1.37 bits per heavy atom. The second-order valence-electron chi connectivity index (χ2n) is 10.7. The Balaban J connectivity index is 0.000000868. The number of hydrogen-bond acceptors (Lipinski definition) is 11. The molecule has 0 bridgehead atoms. The summed E-state index contributed by atoms with van der Waals surface area (Å²) in [7, 11) is 2.08. The lowest BCUT2D eigenvalue weighted by Gasteiger charge is -2.25. The first-order valence-corrected chi connectivity index (χ1v) is 15.4. The van der Waals surface area contributed by atoms with Crippen LogP contribution in [0.1, 0.15) is 25.0 Å². The molecular weight excluding hydrogens is 580 g/mol. The van der Waals surface area contributed by atoms with E-state index < -0.39 is 45.4 Å². The lowest BCUT2D eigenvalue weighted by atomic mass is 9.82. The maximum absolute atomic E-state index is 13.5. The first-order valence-electron chi connectivity index (χ1n) is 13.4. The molecule has 1 aliphatic heterocycles. The standard InChI is InChI=1S/C29H26O10.C2H6OS/c1-10(30)5-12-18-19-13(6-11(2)31)29(37-4)27(35)21-15(33)8-17-23(25(19)21)22-16(38-9-39-17)7-14(32)20(24(18)22)26(34)28(12)36-3;1-4(2)3/h7-8,10-11,30-31,34-35H,5-6,9H2,1-4H3;1-2H3/t10-,11-;/m1./s1. The van der Waals surface area contributed by atoms with Gasteiger partial charge in [0.1, 0.15) is 11.5 Å². The van der Waals surface area contributed by atoms with Crippen LogP contribution in [-0.2, 0) is 23.6 Å². The predicted octanol–water partition coefficient (Wildman–Crippen LogP) is 2.89. The van der Waals surface area contributed by atoms with Crippen molar-refractivity contribution in [3.63, 3.8) is 0 Å². The van der Waals surface area contributed by atoms with E-state index in [-0.39, 0.29) is 53.4 Å². The summed E-state index contributed by atoms with van der Waals surface area (Å²) in [4.78, 5) is 26.9. The van der Waals surface area contributed by atoms with Crippen LogP contribution < -0.4 is 29.8 Å². The maximum Gasteiger partial charge on any atom is 0.230 e. The third-order valence-electron chi connectivity index (χ3n) is 7.40. The Hall–Kier alpha value is -4.13. The minimum absolute atomic E-state index is 0.00798. The molecule has 0 saturated carbocycles. The van der Waals surface area contributed by atoms with E-state index in [0.717, 1.165) is 0 Å². The van der Waals surface area contributed by atoms with Gasteiger partial charge in [0.15, 0.2) is 33.9 Å². The Labute approximate surface area is 247 Å². The molecule has 1 aliphatic rings. The molecule has 0 saturated heterocycles. The number of aliphatic hydroxyl groups excluding tert-OH is 2. The maximum atomic E-state index is 13.5. The van der Waals surface area contributed by atoms with Crippen LogP contribution in [0.5, 0.6) is 34.5 Å². The van der Waals surface area contributed by atoms with Crippen LogP contribution >= 0.6 is 0 Å². The summed E-state index contributed by atoms with van der Waals surface area (Å²) in [6, 6.07) is 2.49. The summed E-state index contributed by atoms with van der Waals surface area (Å²) >= 11 is 0. The third kappa shape index (κ3) is 4.70. The highest BCUT2D eigenvalue weighted by molar-refractivity contribution is 7.83. The molecule has 0 amide bonds. The molecule has 5 aromatic rings. The second kappa shape index (κ2) is 11.2. The molecule has 6 rings (SSSR count). The highest BCUT2D eigenvalue weighted by Crippen LogP contribution is 2.55. The molecule has 12 heteroatoms. The minimum atomic E-state index is -0.891. The van der Waals surface area contributed by atoms with Crippen molar-refractivity contribution >= 4 is 53.9 Å². The second-order valence-corrected chi connectivity index (χ2v) is 12.2. The third-order valence-corrected chi connectivity index (χ3v) is 7.40. The summed E-state index contributed by atoms with van der Waals surface area (Å²) in [6.45, 7) is 2.86. The van der Waals surface area contributed by atoms with Crippen molar-refractivity contribution in [3.05, 3.63) is 43.7 Å². The zero-order chi connectivity index (χ0) is 31.5. The molecule has 43 heavy (non-hydrogen) atoms. The Bertz CT molecular complexity index is 1890. The number of hydrogen-bond donors (Lipinski definition) is 4. The van der Waals surface area contributed by atoms with Gasteiger partial charge in [-0.15, -0.1) is 0 Å². The van der Waals surface area contributed by atoms with Crippen LogP contribution in [0.3, 0.4) is 0 Å². The molecule has 11 nitrogen and oxygen atoms in total. The molecule has 0 radical (unpaired) electrons. The molecule has 0 aromatic heterocycles. The Kier molecular flexibility index (Phi) is 7.88. The first kappa shape index (κ1) is 30.3. The molecule has 228 valence electrons. The van der Waals surface area contributed by atoms with Gasteiger partial charge >= 0.3 is 0 Å². The van der Waals surface area contributed by atoms with Gasteiger partial charge in [0.05, 0.1) is 37.2 Å². The van der Waals surface area contributed by atoms with Gasteiger partial charge in [-0.3, -0.25) is 13.8 Å². The average molecular weight is 613 g/mol. The predicted molar refractivity (Wildman–Crippen MR) is 165 cm³/mol. The summed E-state index contributed by atoms with van der Waals surface area (Å²) in [6.07, 6.45) is 1.51. The quantitative estimate of drug-likeness (QED) is 0.164. The summed E-state index contributed by atoms with van der Waals surface area (Å²) in [5, 5.41) is 45.9. The normalized spacial score (nSPS) is 14.1. The fourth-order valence-electron chi connectivity index (χ4n) is 6.13. The van der Waals surface area contributed by atoms with E-state index in [4.69, 9.17) is 18.9 Å². The highest BCUT2D eigenvalue weighted by atomic mass is 32.2. The first-order chi connectivity index (χ1) is 20.3. The van der Waals surface area contributed by atoms with Crippen LogP contribution in [0.25, 0.3) is 43.1 Å². The van der Waals surface area contributed by atoms with Crippen LogP contribution in [0.15, 0.2) is 21.7 Å². The summed E-state index contributed by atoms with van der Waals surface area (Å²) in [5.41, 5.74) is -0.314. The number of phenols is 2. The Morgan fingerprint density at radius 2 is 1.07 bits per heavy atom. The number of aliphatic hydroxyl groups is 2. The number of fused-ring (bicyclic) bond motifs is 1. The topological polar surface area (TPSA) is 169 Å². The lowest BCUT2D eigenvalue weighted by molar-refractivity contribution is 0.125. The van der Waals surface area contributed by atoms with Crippen molar-refractivity contribution in [3.8, 4) is 34.5 Å². The summed E-state index contributed by atoms with van der Waals surface area (Å²) < 4.78 is 32.4. The number of ether oxygens (including phenoxy) is 4. The molecule has 2 atom stereocenters. The molecule has 0 fully saturated rings. The van der Waals surface area contributed by atoms with E-state index in [0.29, 0.717) is 43.4 Å². The van der Waals surface area contributed by atoms with E-state index in [9.17, 15) is 34.2 Å². The number of benzene rings is 5. The van der Waals surface area contributed by atoms with Gasteiger partial charge < -0.3 is 39.4 Å². The zero-order valence-electron chi connectivity index (χ0n) is 24.5. The van der Waals surface area contributed by atoms with E-state index in [1.165, 1.54) is 26.4 Å². The van der Waals surface area contributed by atoms with Crippen LogP contribution in [0.4, 0.5) is 0 Å². The van der Waals surface area contributed by atoms with E-state index >= 15 is 0 Å². The number of methoxy groups -OCH3 is 2. The van der Waals surface area contributed by atoms with Crippen LogP contribution in [0, 0.1) is 0 Å². The van der Waals surface area contributed by atoms with Crippen molar-refractivity contribution in [2.45, 2.75) is 38.9 Å². The van der Waals surface area contributed by atoms with Gasteiger partial charge in [-0.05, 0) is 24.6 Å². The Morgan fingerprint density at radius 1 is 0.721 bits per heavy atom. The van der Waals surface area contributed by atoms with Crippen molar-refractivity contribution in [1.82, 2.24) is 0 Å². The zero-order valence-corrected chi connectivity index (χ0v) is 25.3. The van der Waals surface area contributed by atoms with Gasteiger partial charge in [0.2, 0.25) is 6.79 Å². The fourth-order valence-corrected chi connectivity index (χ4v) is 6.13. The fraction of sp³-hybridized carbons (Fsp3) is 0.355. The van der Waals surface area contributed by atoms with Gasteiger partial charge in [-0.1, -0.05) is 0 Å². The minimum Gasteiger partial charge on any atom is -0.504 e. The van der Waals surface area contributed by atoms with E-state index in [1.54, 1.807) is 26.4 Å². The van der Waals surface area contributed by atoms with Crippen molar-refractivity contribution < 1.29 is 43.6 Å². The average Bonchev–Trinajstić information content (AvgIpc) is 3.08. The highest BCUT2D eigenvalue weighted by Gasteiger charge is 2.33. The molecule has 0 spiro atoms. The van der Waals surface area contributed by atoms with Gasteiger partial charge in [0, 0.05) is 81.0 Å². The van der Waals surface area contributed by atoms with Crippen LogP contribution in [0.2, 0.25) is 0 Å². The van der Waals surface area contributed by atoms with Gasteiger partial charge in [-0.2, -0.15) is 0 Å². The van der Waals surface area contributed by atoms with E-state index in [2.05, 4.69) is 0 Å². The number of aromatic hydroxyl groups is 2.